The number of aromatic nitrogens is 1. The highest BCUT2D eigenvalue weighted by Gasteiger charge is 2.08. The molecule has 18 heavy (non-hydrogen) atoms. The summed E-state index contributed by atoms with van der Waals surface area (Å²) < 4.78 is 12.2. The Balaban J connectivity index is 2.06. The zero-order valence-corrected chi connectivity index (χ0v) is 11.1. The number of nitrogen functional groups attached to an aromatic ring is 1. The topological polar surface area (TPSA) is 56.0 Å². The Bertz CT molecular complexity index is 555. The summed E-state index contributed by atoms with van der Waals surface area (Å²) in [6, 6.07) is 11.3. The maximum Gasteiger partial charge on any atom is 0.0536 e. The molecular formula is C14H16N2OS. The maximum absolute atomic E-state index is 12.2. The van der Waals surface area contributed by atoms with Gasteiger partial charge in [-0.1, -0.05) is 12.1 Å². The molecule has 4 heteroatoms. The van der Waals surface area contributed by atoms with E-state index in [4.69, 9.17) is 5.73 Å². The molecule has 0 bridgehead atoms. The monoisotopic (exact) mass is 260 g/mol. The van der Waals surface area contributed by atoms with Crippen molar-refractivity contribution in [2.45, 2.75) is 18.2 Å². The van der Waals surface area contributed by atoms with Gasteiger partial charge >= 0.3 is 0 Å². The van der Waals surface area contributed by atoms with Gasteiger partial charge in [0, 0.05) is 34.6 Å². The van der Waals surface area contributed by atoms with Crippen LogP contribution in [0.15, 0.2) is 47.5 Å². The number of aryl methyl sites for hydroxylation is 2. The average molecular weight is 260 g/mol. The molecule has 2 aromatic rings. The minimum Gasteiger partial charge on any atom is -0.399 e. The summed E-state index contributed by atoms with van der Waals surface area (Å²) in [5, 5.41) is 0. The lowest BCUT2D eigenvalue weighted by Crippen LogP contribution is -2.05. The van der Waals surface area contributed by atoms with Gasteiger partial charge in [0.2, 0.25) is 0 Å². The predicted octanol–water partition coefficient (Wildman–Crippen LogP) is 2.32. The molecule has 0 fully saturated rings. The van der Waals surface area contributed by atoms with E-state index in [1.165, 1.54) is 0 Å². The fraction of sp³-hybridized carbons (Fsp3) is 0.214. The highest BCUT2D eigenvalue weighted by molar-refractivity contribution is 7.85. The summed E-state index contributed by atoms with van der Waals surface area (Å²) in [4.78, 5) is 5.05. The van der Waals surface area contributed by atoms with Gasteiger partial charge in [0.05, 0.1) is 10.8 Å². The number of benzene rings is 1. The van der Waals surface area contributed by atoms with Crippen LogP contribution in [-0.4, -0.2) is 14.9 Å². The molecule has 1 heterocycles. The molecule has 0 amide bonds. The van der Waals surface area contributed by atoms with Crippen LogP contribution >= 0.6 is 0 Å². The van der Waals surface area contributed by atoms with Gasteiger partial charge in [-0.2, -0.15) is 0 Å². The van der Waals surface area contributed by atoms with Gasteiger partial charge in [0.25, 0.3) is 0 Å². The van der Waals surface area contributed by atoms with E-state index in [2.05, 4.69) is 4.98 Å². The third kappa shape index (κ3) is 3.17. The standard InChI is InChI=1S/C14H16N2OS/c1-11-5-6-12(15)10-14(11)18(17)9-7-13-4-2-3-8-16-13/h2-6,8,10H,7,9,15H2,1H3. The van der Waals surface area contributed by atoms with Crippen molar-refractivity contribution in [1.82, 2.24) is 4.98 Å². The third-order valence-electron chi connectivity index (χ3n) is 2.73. The van der Waals surface area contributed by atoms with E-state index in [9.17, 15) is 4.21 Å². The molecule has 0 radical (unpaired) electrons. The molecule has 1 atom stereocenters. The van der Waals surface area contributed by atoms with Crippen molar-refractivity contribution in [3.63, 3.8) is 0 Å². The Labute approximate surface area is 110 Å². The lowest BCUT2D eigenvalue weighted by atomic mass is 10.2. The Morgan fingerprint density at radius 2 is 2.11 bits per heavy atom. The Hall–Kier alpha value is -1.68. The van der Waals surface area contributed by atoms with E-state index in [-0.39, 0.29) is 0 Å². The molecule has 0 saturated heterocycles. The molecule has 2 N–H and O–H groups in total. The van der Waals surface area contributed by atoms with Crippen molar-refractivity contribution in [3.8, 4) is 0 Å². The molecule has 0 aliphatic heterocycles. The summed E-state index contributed by atoms with van der Waals surface area (Å²) in [5.74, 6) is 0.571. The molecule has 0 saturated carbocycles. The lowest BCUT2D eigenvalue weighted by Gasteiger charge is -2.06. The van der Waals surface area contributed by atoms with Crippen LogP contribution in [0, 0.1) is 6.92 Å². The number of anilines is 1. The number of hydrogen-bond acceptors (Lipinski definition) is 3. The van der Waals surface area contributed by atoms with E-state index in [0.717, 1.165) is 16.2 Å². The average Bonchev–Trinajstić information content (AvgIpc) is 2.40. The second-order valence-electron chi connectivity index (χ2n) is 4.15. The number of hydrogen-bond donors (Lipinski definition) is 1. The van der Waals surface area contributed by atoms with E-state index in [1.807, 2.05) is 37.3 Å². The van der Waals surface area contributed by atoms with Crippen LogP contribution in [-0.2, 0) is 17.2 Å². The summed E-state index contributed by atoms with van der Waals surface area (Å²) in [6.07, 6.45) is 2.46. The van der Waals surface area contributed by atoms with Crippen molar-refractivity contribution < 1.29 is 4.21 Å². The fourth-order valence-corrected chi connectivity index (χ4v) is 3.02. The van der Waals surface area contributed by atoms with Crippen LogP contribution in [0.1, 0.15) is 11.3 Å². The molecule has 0 aliphatic carbocycles. The van der Waals surface area contributed by atoms with Crippen LogP contribution < -0.4 is 5.73 Å². The van der Waals surface area contributed by atoms with Crippen LogP contribution in [0.2, 0.25) is 0 Å². The first-order chi connectivity index (χ1) is 8.66. The second kappa shape index (κ2) is 5.78. The quantitative estimate of drug-likeness (QED) is 0.858. The molecular weight excluding hydrogens is 244 g/mol. The number of rotatable bonds is 4. The summed E-state index contributed by atoms with van der Waals surface area (Å²) in [6.45, 7) is 1.95. The molecule has 2 rings (SSSR count). The van der Waals surface area contributed by atoms with E-state index in [0.29, 0.717) is 17.9 Å². The number of pyridine rings is 1. The van der Waals surface area contributed by atoms with Crippen LogP contribution in [0.3, 0.4) is 0 Å². The molecule has 0 spiro atoms. The second-order valence-corrected chi connectivity index (χ2v) is 5.68. The maximum atomic E-state index is 12.2. The minimum atomic E-state index is -1.03. The van der Waals surface area contributed by atoms with Crippen LogP contribution in [0.4, 0.5) is 5.69 Å². The van der Waals surface area contributed by atoms with Gasteiger partial charge in [0.15, 0.2) is 0 Å². The first-order valence-electron chi connectivity index (χ1n) is 5.81. The molecule has 3 nitrogen and oxygen atoms in total. The number of nitrogens with two attached hydrogens (primary N) is 1. The summed E-state index contributed by atoms with van der Waals surface area (Å²) in [7, 11) is -1.03. The number of nitrogens with zero attached hydrogens (tertiary/aromatic N) is 1. The predicted molar refractivity (Wildman–Crippen MR) is 74.8 cm³/mol. The molecule has 94 valence electrons. The largest absolute Gasteiger partial charge is 0.399 e. The van der Waals surface area contributed by atoms with E-state index in [1.54, 1.807) is 12.3 Å². The van der Waals surface area contributed by atoms with Gasteiger partial charge in [0.1, 0.15) is 0 Å². The van der Waals surface area contributed by atoms with Crippen molar-refractivity contribution in [2.75, 3.05) is 11.5 Å². The molecule has 0 aliphatic rings. The smallest absolute Gasteiger partial charge is 0.0536 e. The Kier molecular flexibility index (Phi) is 4.10. The minimum absolute atomic E-state index is 0.571. The Morgan fingerprint density at radius 3 is 2.83 bits per heavy atom. The first-order valence-corrected chi connectivity index (χ1v) is 7.13. The molecule has 1 aromatic carbocycles. The SMILES string of the molecule is Cc1ccc(N)cc1S(=O)CCc1ccccn1. The van der Waals surface area contributed by atoms with Gasteiger partial charge in [-0.15, -0.1) is 0 Å². The zero-order valence-electron chi connectivity index (χ0n) is 10.3. The molecule has 1 unspecified atom stereocenters. The van der Waals surface area contributed by atoms with Crippen molar-refractivity contribution in [2.24, 2.45) is 0 Å². The van der Waals surface area contributed by atoms with Gasteiger partial charge in [-0.25, -0.2) is 0 Å². The van der Waals surface area contributed by atoms with Gasteiger partial charge in [-0.05, 0) is 36.8 Å². The summed E-state index contributed by atoms with van der Waals surface area (Å²) in [5.41, 5.74) is 8.36. The summed E-state index contributed by atoms with van der Waals surface area (Å²) >= 11 is 0. The molecule has 1 aromatic heterocycles. The van der Waals surface area contributed by atoms with Crippen molar-refractivity contribution >= 4 is 16.5 Å². The third-order valence-corrected chi connectivity index (χ3v) is 4.23. The van der Waals surface area contributed by atoms with Gasteiger partial charge < -0.3 is 5.73 Å². The Morgan fingerprint density at radius 1 is 1.28 bits per heavy atom. The van der Waals surface area contributed by atoms with Crippen LogP contribution in [0.25, 0.3) is 0 Å². The van der Waals surface area contributed by atoms with Crippen LogP contribution in [0.5, 0.6) is 0 Å². The van der Waals surface area contributed by atoms with E-state index < -0.39 is 10.8 Å². The van der Waals surface area contributed by atoms with Crippen molar-refractivity contribution in [1.29, 1.82) is 0 Å². The highest BCUT2D eigenvalue weighted by atomic mass is 32.2. The van der Waals surface area contributed by atoms with Gasteiger partial charge in [-0.3, -0.25) is 9.19 Å². The van der Waals surface area contributed by atoms with Crippen molar-refractivity contribution in [3.05, 3.63) is 53.9 Å². The highest BCUT2D eigenvalue weighted by Crippen LogP contribution is 2.17. The lowest BCUT2D eigenvalue weighted by molar-refractivity contribution is 0.681. The normalized spacial score (nSPS) is 12.3. The first kappa shape index (κ1) is 12.8. The zero-order chi connectivity index (χ0) is 13.0. The van der Waals surface area contributed by atoms with E-state index >= 15 is 0 Å². The fourth-order valence-electron chi connectivity index (χ4n) is 1.72.